The van der Waals surface area contributed by atoms with Crippen molar-refractivity contribution in [3.05, 3.63) is 35.9 Å². The topological polar surface area (TPSA) is 73.0 Å². The van der Waals surface area contributed by atoms with Gasteiger partial charge in [-0.05, 0) is 37.7 Å². The third kappa shape index (κ3) is 4.08. The number of urea groups is 1. The molecule has 4 amide bonds. The third-order valence-corrected chi connectivity index (χ3v) is 6.95. The number of piperidine rings is 2. The summed E-state index contributed by atoms with van der Waals surface area (Å²) in [6.45, 7) is 5.70. The molecule has 0 saturated carbocycles. The quantitative estimate of drug-likeness (QED) is 0.751. The normalized spacial score (nSPS) is 22.6. The van der Waals surface area contributed by atoms with Crippen LogP contribution in [0.15, 0.2) is 30.3 Å². The van der Waals surface area contributed by atoms with Gasteiger partial charge < -0.3 is 15.1 Å². The predicted molar refractivity (Wildman–Crippen MR) is 114 cm³/mol. The van der Waals surface area contributed by atoms with E-state index in [0.29, 0.717) is 45.2 Å². The highest BCUT2D eigenvalue weighted by atomic mass is 16.2. The van der Waals surface area contributed by atoms with Crippen LogP contribution in [0.1, 0.15) is 44.6 Å². The minimum Gasteiger partial charge on any atom is -0.343 e. The van der Waals surface area contributed by atoms with Gasteiger partial charge in [0.05, 0.1) is 0 Å². The van der Waals surface area contributed by atoms with Crippen LogP contribution >= 0.6 is 0 Å². The van der Waals surface area contributed by atoms with E-state index in [0.717, 1.165) is 26.1 Å². The highest BCUT2D eigenvalue weighted by Crippen LogP contribution is 2.32. The molecule has 162 valence electrons. The van der Waals surface area contributed by atoms with Crippen LogP contribution < -0.4 is 5.32 Å². The van der Waals surface area contributed by atoms with E-state index in [1.165, 1.54) is 10.5 Å². The smallest absolute Gasteiger partial charge is 0.325 e. The molecule has 0 unspecified atom stereocenters. The van der Waals surface area contributed by atoms with Crippen molar-refractivity contribution in [3.8, 4) is 0 Å². The van der Waals surface area contributed by atoms with E-state index in [1.807, 2.05) is 17.9 Å². The molecule has 30 heavy (non-hydrogen) atoms. The van der Waals surface area contributed by atoms with Crippen molar-refractivity contribution in [2.24, 2.45) is 0 Å². The maximum Gasteiger partial charge on any atom is 0.325 e. The first-order valence-corrected chi connectivity index (χ1v) is 11.2. The summed E-state index contributed by atoms with van der Waals surface area (Å²) in [4.78, 5) is 43.6. The molecule has 1 spiro atoms. The summed E-state index contributed by atoms with van der Waals surface area (Å²) in [6, 6.07) is 10.1. The van der Waals surface area contributed by atoms with Gasteiger partial charge in [-0.3, -0.25) is 14.5 Å². The molecule has 7 nitrogen and oxygen atoms in total. The number of nitrogens with one attached hydrogen (secondary N) is 1. The van der Waals surface area contributed by atoms with Crippen LogP contribution in [0.5, 0.6) is 0 Å². The van der Waals surface area contributed by atoms with Gasteiger partial charge in [-0.15, -0.1) is 0 Å². The molecule has 3 fully saturated rings. The summed E-state index contributed by atoms with van der Waals surface area (Å²) < 4.78 is 0. The number of rotatable bonds is 5. The summed E-state index contributed by atoms with van der Waals surface area (Å²) in [5.74, 6) is 0.0838. The number of amides is 4. The monoisotopic (exact) mass is 412 g/mol. The molecular formula is C23H32N4O3. The molecule has 0 aromatic heterocycles. The lowest BCUT2D eigenvalue weighted by atomic mass is 9.86. The Hall–Kier alpha value is -2.41. The van der Waals surface area contributed by atoms with Crippen LogP contribution in [-0.4, -0.2) is 76.8 Å². The first-order chi connectivity index (χ1) is 14.5. The Morgan fingerprint density at radius 2 is 1.73 bits per heavy atom. The van der Waals surface area contributed by atoms with Gasteiger partial charge in [0.1, 0.15) is 5.54 Å². The number of likely N-dealkylation sites (tertiary alicyclic amines) is 2. The van der Waals surface area contributed by atoms with Crippen LogP contribution in [0.2, 0.25) is 0 Å². The molecule has 3 heterocycles. The predicted octanol–water partition coefficient (Wildman–Crippen LogP) is 2.02. The van der Waals surface area contributed by atoms with E-state index in [1.54, 1.807) is 0 Å². The van der Waals surface area contributed by atoms with Crippen LogP contribution in [0, 0.1) is 0 Å². The minimum atomic E-state index is -0.739. The average Bonchev–Trinajstić information content (AvgIpc) is 3.02. The summed E-state index contributed by atoms with van der Waals surface area (Å²) in [5, 5.41) is 3.04. The van der Waals surface area contributed by atoms with E-state index in [9.17, 15) is 14.4 Å². The summed E-state index contributed by atoms with van der Waals surface area (Å²) in [7, 11) is 0. The first-order valence-electron chi connectivity index (χ1n) is 11.2. The maximum absolute atomic E-state index is 13.3. The van der Waals surface area contributed by atoms with Gasteiger partial charge in [0.25, 0.3) is 5.91 Å². The highest BCUT2D eigenvalue weighted by molar-refractivity contribution is 6.07. The number of nitrogens with zero attached hydrogens (tertiary/aromatic N) is 3. The standard InChI is InChI=1S/C23H32N4O3/c1-2-20(28)26-14-9-19(10-15-26)27-21(29)23(24-22(27)30)11-16-25(17-12-23)13-8-18-6-4-3-5-7-18/h3-7,19H,2,8-17H2,1H3,(H,24,30). The van der Waals surface area contributed by atoms with Crippen molar-refractivity contribution >= 4 is 17.8 Å². The largest absolute Gasteiger partial charge is 0.343 e. The van der Waals surface area contributed by atoms with E-state index in [-0.39, 0.29) is 23.9 Å². The Morgan fingerprint density at radius 3 is 2.37 bits per heavy atom. The lowest BCUT2D eigenvalue weighted by Gasteiger charge is -2.38. The fourth-order valence-electron chi connectivity index (χ4n) is 5.00. The number of benzene rings is 1. The zero-order valence-corrected chi connectivity index (χ0v) is 17.8. The second-order valence-electron chi connectivity index (χ2n) is 8.73. The Labute approximate surface area is 178 Å². The van der Waals surface area contributed by atoms with Crippen molar-refractivity contribution in [1.82, 2.24) is 20.0 Å². The molecule has 1 aromatic carbocycles. The fourth-order valence-corrected chi connectivity index (χ4v) is 5.00. The van der Waals surface area contributed by atoms with Gasteiger partial charge in [-0.1, -0.05) is 37.3 Å². The van der Waals surface area contributed by atoms with Gasteiger partial charge in [0.15, 0.2) is 0 Å². The fraction of sp³-hybridized carbons (Fsp3) is 0.609. The molecule has 0 radical (unpaired) electrons. The lowest BCUT2D eigenvalue weighted by Crippen LogP contribution is -2.56. The highest BCUT2D eigenvalue weighted by Gasteiger charge is 2.54. The van der Waals surface area contributed by atoms with Gasteiger partial charge in [-0.2, -0.15) is 0 Å². The van der Waals surface area contributed by atoms with Gasteiger partial charge >= 0.3 is 6.03 Å². The van der Waals surface area contributed by atoms with Gasteiger partial charge in [-0.25, -0.2) is 4.79 Å². The summed E-state index contributed by atoms with van der Waals surface area (Å²) >= 11 is 0. The van der Waals surface area contributed by atoms with E-state index in [2.05, 4.69) is 34.5 Å². The first kappa shape index (κ1) is 20.8. The molecule has 3 saturated heterocycles. The molecule has 7 heteroatoms. The second kappa shape index (κ2) is 8.76. The van der Waals surface area contributed by atoms with Gasteiger partial charge in [0.2, 0.25) is 5.91 Å². The SMILES string of the molecule is CCC(=O)N1CCC(N2C(=O)NC3(CCN(CCc4ccccc4)CC3)C2=O)CC1. The van der Waals surface area contributed by atoms with Crippen molar-refractivity contribution in [3.63, 3.8) is 0 Å². The average molecular weight is 413 g/mol. The molecule has 3 aliphatic rings. The molecule has 0 atom stereocenters. The Balaban J connectivity index is 1.31. The second-order valence-corrected chi connectivity index (χ2v) is 8.73. The number of hydrogen-bond acceptors (Lipinski definition) is 4. The van der Waals surface area contributed by atoms with Crippen LogP contribution in [0.25, 0.3) is 0 Å². The molecular weight excluding hydrogens is 380 g/mol. The van der Waals surface area contributed by atoms with E-state index < -0.39 is 5.54 Å². The van der Waals surface area contributed by atoms with Crippen LogP contribution in [0.4, 0.5) is 4.79 Å². The molecule has 0 bridgehead atoms. The third-order valence-electron chi connectivity index (χ3n) is 6.95. The van der Waals surface area contributed by atoms with E-state index >= 15 is 0 Å². The summed E-state index contributed by atoms with van der Waals surface area (Å²) in [5.41, 5.74) is 0.582. The molecule has 3 aliphatic heterocycles. The van der Waals surface area contributed by atoms with Crippen molar-refractivity contribution in [2.75, 3.05) is 32.7 Å². The molecule has 1 aromatic rings. The molecule has 4 rings (SSSR count). The number of carbonyl (C=O) groups is 3. The summed E-state index contributed by atoms with van der Waals surface area (Å²) in [6.07, 6.45) is 4.16. The molecule has 1 N–H and O–H groups in total. The zero-order valence-electron chi connectivity index (χ0n) is 17.8. The molecule has 0 aliphatic carbocycles. The van der Waals surface area contributed by atoms with Crippen LogP contribution in [0.3, 0.4) is 0 Å². The van der Waals surface area contributed by atoms with Gasteiger partial charge in [0, 0.05) is 45.2 Å². The Kier molecular flexibility index (Phi) is 6.09. The van der Waals surface area contributed by atoms with Crippen molar-refractivity contribution in [2.45, 2.75) is 57.0 Å². The Morgan fingerprint density at radius 1 is 1.07 bits per heavy atom. The van der Waals surface area contributed by atoms with Crippen molar-refractivity contribution in [1.29, 1.82) is 0 Å². The zero-order chi connectivity index (χ0) is 21.1. The number of hydrogen-bond donors (Lipinski definition) is 1. The number of imide groups is 1. The van der Waals surface area contributed by atoms with Crippen molar-refractivity contribution < 1.29 is 14.4 Å². The lowest BCUT2D eigenvalue weighted by molar-refractivity contribution is -0.136. The van der Waals surface area contributed by atoms with Crippen LogP contribution in [-0.2, 0) is 16.0 Å². The maximum atomic E-state index is 13.3. The number of carbonyl (C=O) groups excluding carboxylic acids is 3. The Bertz CT molecular complexity index is 781. The van der Waals surface area contributed by atoms with E-state index in [4.69, 9.17) is 0 Å². The minimum absolute atomic E-state index is 0.0597.